The predicted molar refractivity (Wildman–Crippen MR) is 57.8 cm³/mol. The molecule has 1 fully saturated rings. The number of hydrogen-bond donors (Lipinski definition) is 0. The highest BCUT2D eigenvalue weighted by Crippen LogP contribution is 2.30. The molecule has 1 aliphatic carbocycles. The maximum absolute atomic E-state index is 12.2. The van der Waals surface area contributed by atoms with Gasteiger partial charge >= 0.3 is 0 Å². The first kappa shape index (κ1) is 10.3. The number of hydrogen-bond acceptors (Lipinski definition) is 2. The summed E-state index contributed by atoms with van der Waals surface area (Å²) in [7, 11) is 0. The fourth-order valence-corrected chi connectivity index (χ4v) is 1.88. The van der Waals surface area contributed by atoms with Crippen molar-refractivity contribution < 1.29 is 9.21 Å². The van der Waals surface area contributed by atoms with Crippen molar-refractivity contribution in [1.82, 2.24) is 4.90 Å². The fourth-order valence-electron chi connectivity index (χ4n) is 1.88. The van der Waals surface area contributed by atoms with Crippen molar-refractivity contribution in [3.05, 3.63) is 23.7 Å². The summed E-state index contributed by atoms with van der Waals surface area (Å²) in [5.74, 6) is 0.533. The van der Waals surface area contributed by atoms with Crippen molar-refractivity contribution in [3.8, 4) is 0 Å². The van der Waals surface area contributed by atoms with Gasteiger partial charge in [-0.15, -0.1) is 0 Å². The van der Waals surface area contributed by atoms with Crippen LogP contribution in [-0.2, 0) is 0 Å². The lowest BCUT2D eigenvalue weighted by Gasteiger charge is -2.25. The molecule has 3 heteroatoms. The molecule has 1 saturated carbocycles. The second-order valence-electron chi connectivity index (χ2n) is 4.47. The summed E-state index contributed by atoms with van der Waals surface area (Å²) in [5, 5.41) is 0. The van der Waals surface area contributed by atoms with Crippen LogP contribution in [0.3, 0.4) is 0 Å². The summed E-state index contributed by atoms with van der Waals surface area (Å²) in [6.45, 7) is 6.01. The molecule has 0 saturated heterocycles. The summed E-state index contributed by atoms with van der Waals surface area (Å²) < 4.78 is 5.24. The molecule has 0 spiro atoms. The largest absolute Gasteiger partial charge is 0.459 e. The van der Waals surface area contributed by atoms with E-state index in [0.717, 1.165) is 18.4 Å². The second kappa shape index (κ2) is 3.72. The van der Waals surface area contributed by atoms with E-state index in [0.29, 0.717) is 11.8 Å². The van der Waals surface area contributed by atoms with E-state index < -0.39 is 0 Å². The highest BCUT2D eigenvalue weighted by atomic mass is 16.3. The molecule has 2 rings (SSSR count). The minimum absolute atomic E-state index is 0.0370. The average Bonchev–Trinajstić information content (AvgIpc) is 2.87. The molecule has 0 radical (unpaired) electrons. The smallest absolute Gasteiger partial charge is 0.290 e. The van der Waals surface area contributed by atoms with E-state index >= 15 is 0 Å². The lowest BCUT2D eigenvalue weighted by molar-refractivity contribution is 0.0656. The third-order valence-corrected chi connectivity index (χ3v) is 2.79. The van der Waals surface area contributed by atoms with Gasteiger partial charge in [-0.05, 0) is 39.7 Å². The summed E-state index contributed by atoms with van der Waals surface area (Å²) in [6, 6.07) is 2.51. The molecule has 0 N–H and O–H groups in total. The summed E-state index contributed by atoms with van der Waals surface area (Å²) in [4.78, 5) is 14.1. The Labute approximate surface area is 90.1 Å². The van der Waals surface area contributed by atoms with E-state index in [2.05, 4.69) is 13.8 Å². The molecule has 0 aromatic carbocycles. The number of aryl methyl sites for hydroxylation is 1. The van der Waals surface area contributed by atoms with Gasteiger partial charge in [-0.1, -0.05) is 0 Å². The first-order valence-corrected chi connectivity index (χ1v) is 5.48. The lowest BCUT2D eigenvalue weighted by Crippen LogP contribution is -2.38. The quantitative estimate of drug-likeness (QED) is 0.763. The van der Waals surface area contributed by atoms with Crippen molar-refractivity contribution in [1.29, 1.82) is 0 Å². The van der Waals surface area contributed by atoms with Crippen LogP contribution in [0.4, 0.5) is 0 Å². The van der Waals surface area contributed by atoms with Crippen molar-refractivity contribution in [3.63, 3.8) is 0 Å². The topological polar surface area (TPSA) is 33.5 Å². The van der Waals surface area contributed by atoms with Gasteiger partial charge in [0.25, 0.3) is 5.91 Å². The second-order valence-corrected chi connectivity index (χ2v) is 4.47. The number of carbonyl (C=O) groups is 1. The number of nitrogens with zero attached hydrogens (tertiary/aromatic N) is 1. The van der Waals surface area contributed by atoms with Gasteiger partial charge in [0.15, 0.2) is 5.76 Å². The van der Waals surface area contributed by atoms with Gasteiger partial charge in [0.05, 0.1) is 6.26 Å². The Kier molecular flexibility index (Phi) is 2.55. The Morgan fingerprint density at radius 2 is 2.20 bits per heavy atom. The number of carbonyl (C=O) groups excluding carboxylic acids is 1. The van der Waals surface area contributed by atoms with E-state index in [1.807, 2.05) is 17.9 Å². The first-order chi connectivity index (χ1) is 7.11. The van der Waals surface area contributed by atoms with E-state index in [9.17, 15) is 4.79 Å². The number of amides is 1. The molecule has 1 aromatic heterocycles. The monoisotopic (exact) mass is 207 g/mol. The maximum atomic E-state index is 12.2. The van der Waals surface area contributed by atoms with Crippen molar-refractivity contribution in [2.24, 2.45) is 0 Å². The van der Waals surface area contributed by atoms with Crippen LogP contribution < -0.4 is 0 Å². The van der Waals surface area contributed by atoms with E-state index in [1.165, 1.54) is 0 Å². The maximum Gasteiger partial charge on any atom is 0.290 e. The third kappa shape index (κ3) is 1.91. The number of rotatable bonds is 3. The van der Waals surface area contributed by atoms with Crippen LogP contribution in [-0.4, -0.2) is 22.9 Å². The van der Waals surface area contributed by atoms with Gasteiger partial charge in [0.2, 0.25) is 0 Å². The fraction of sp³-hybridized carbons (Fsp3) is 0.583. The van der Waals surface area contributed by atoms with Gasteiger partial charge in [0.1, 0.15) is 0 Å². The third-order valence-electron chi connectivity index (χ3n) is 2.79. The van der Waals surface area contributed by atoms with Crippen LogP contribution in [0.25, 0.3) is 0 Å². The van der Waals surface area contributed by atoms with Gasteiger partial charge in [-0.3, -0.25) is 4.79 Å². The van der Waals surface area contributed by atoms with Crippen molar-refractivity contribution in [2.75, 3.05) is 0 Å². The number of furan rings is 1. The molecule has 0 bridgehead atoms. The summed E-state index contributed by atoms with van der Waals surface area (Å²) >= 11 is 0. The van der Waals surface area contributed by atoms with Crippen LogP contribution in [0.2, 0.25) is 0 Å². The van der Waals surface area contributed by atoms with E-state index in [4.69, 9.17) is 4.42 Å². The zero-order valence-electron chi connectivity index (χ0n) is 9.49. The van der Waals surface area contributed by atoms with Crippen LogP contribution in [0.15, 0.2) is 16.7 Å². The Bertz CT molecular complexity index is 361. The Balaban J connectivity index is 2.21. The van der Waals surface area contributed by atoms with Crippen LogP contribution in [0, 0.1) is 6.92 Å². The SMILES string of the molecule is Cc1ccoc1C(=O)N(C(C)C)C1CC1. The Hall–Kier alpha value is -1.25. The summed E-state index contributed by atoms with van der Waals surface area (Å²) in [5.41, 5.74) is 0.922. The minimum Gasteiger partial charge on any atom is -0.459 e. The van der Waals surface area contributed by atoms with E-state index in [-0.39, 0.29) is 11.9 Å². The standard InChI is InChI=1S/C12H17NO2/c1-8(2)13(10-4-5-10)12(14)11-9(3)6-7-15-11/h6-8,10H,4-5H2,1-3H3. The molecule has 3 nitrogen and oxygen atoms in total. The highest BCUT2D eigenvalue weighted by Gasteiger charge is 2.36. The van der Waals surface area contributed by atoms with Crippen molar-refractivity contribution >= 4 is 5.91 Å². The van der Waals surface area contributed by atoms with Gasteiger partial charge < -0.3 is 9.32 Å². The van der Waals surface area contributed by atoms with Gasteiger partial charge in [-0.2, -0.15) is 0 Å². The van der Waals surface area contributed by atoms with Crippen LogP contribution >= 0.6 is 0 Å². The van der Waals surface area contributed by atoms with Gasteiger partial charge in [-0.25, -0.2) is 0 Å². The zero-order chi connectivity index (χ0) is 11.0. The molecule has 1 amide bonds. The lowest BCUT2D eigenvalue weighted by atomic mass is 10.2. The average molecular weight is 207 g/mol. The molecule has 1 heterocycles. The molecular formula is C12H17NO2. The molecule has 0 atom stereocenters. The molecular weight excluding hydrogens is 190 g/mol. The molecule has 82 valence electrons. The zero-order valence-corrected chi connectivity index (χ0v) is 9.49. The molecule has 1 aliphatic rings. The normalized spacial score (nSPS) is 15.7. The Morgan fingerprint density at radius 3 is 2.60 bits per heavy atom. The predicted octanol–water partition coefficient (Wildman–Crippen LogP) is 2.60. The summed E-state index contributed by atoms with van der Waals surface area (Å²) in [6.07, 6.45) is 3.83. The van der Waals surface area contributed by atoms with E-state index in [1.54, 1.807) is 6.26 Å². The van der Waals surface area contributed by atoms with Gasteiger partial charge in [0, 0.05) is 17.6 Å². The molecule has 15 heavy (non-hydrogen) atoms. The van der Waals surface area contributed by atoms with Crippen LogP contribution in [0.5, 0.6) is 0 Å². The first-order valence-electron chi connectivity index (χ1n) is 5.48. The van der Waals surface area contributed by atoms with Crippen LogP contribution in [0.1, 0.15) is 42.8 Å². The molecule has 0 unspecified atom stereocenters. The highest BCUT2D eigenvalue weighted by molar-refractivity contribution is 5.93. The minimum atomic E-state index is 0.0370. The molecule has 0 aliphatic heterocycles. The Morgan fingerprint density at radius 1 is 1.53 bits per heavy atom. The van der Waals surface area contributed by atoms with Crippen molar-refractivity contribution in [2.45, 2.75) is 45.7 Å². The molecule has 1 aromatic rings.